The fourth-order valence-corrected chi connectivity index (χ4v) is 5.04. The zero-order valence-corrected chi connectivity index (χ0v) is 21.7. The molecule has 0 radical (unpaired) electrons. The van der Waals surface area contributed by atoms with Gasteiger partial charge in [-0.15, -0.1) is 0 Å². The highest BCUT2D eigenvalue weighted by molar-refractivity contribution is 6.22. The van der Waals surface area contributed by atoms with Gasteiger partial charge >= 0.3 is 0 Å². The predicted molar refractivity (Wildman–Crippen MR) is 143 cm³/mol. The lowest BCUT2D eigenvalue weighted by atomic mass is 9.75. The zero-order valence-electron chi connectivity index (χ0n) is 21.7. The number of anilines is 1. The van der Waals surface area contributed by atoms with E-state index in [4.69, 9.17) is 9.05 Å². The van der Waals surface area contributed by atoms with Crippen LogP contribution < -0.4 is 4.90 Å². The summed E-state index contributed by atoms with van der Waals surface area (Å²) in [6.07, 6.45) is 0.0987. The van der Waals surface area contributed by atoms with Gasteiger partial charge < -0.3 is 9.05 Å². The van der Waals surface area contributed by atoms with Gasteiger partial charge in [-0.05, 0) is 25.5 Å². The number of aryl methyl sites for hydroxylation is 2. The van der Waals surface area contributed by atoms with E-state index in [1.807, 2.05) is 74.5 Å². The first kappa shape index (κ1) is 24.4. The lowest BCUT2D eigenvalue weighted by molar-refractivity contribution is -0.128. The minimum absolute atomic E-state index is 0.0493. The van der Waals surface area contributed by atoms with Crippen molar-refractivity contribution in [3.05, 3.63) is 101 Å². The van der Waals surface area contributed by atoms with Crippen LogP contribution in [0.3, 0.4) is 0 Å². The molecule has 194 valence electrons. The average molecular weight is 520 g/mol. The number of carbonyl (C=O) groups excluding carboxylic acids is 2. The van der Waals surface area contributed by atoms with Crippen LogP contribution in [0.5, 0.6) is 0 Å². The summed E-state index contributed by atoms with van der Waals surface area (Å²) in [6.45, 7) is 5.37. The molecule has 3 aromatic carbocycles. The molecule has 9 heteroatoms. The van der Waals surface area contributed by atoms with Gasteiger partial charge in [-0.3, -0.25) is 9.59 Å². The number of hydrogen-bond donors (Lipinski definition) is 0. The monoisotopic (exact) mass is 519 g/mol. The Morgan fingerprint density at radius 2 is 1.26 bits per heavy atom. The van der Waals surface area contributed by atoms with Crippen LogP contribution in [0.25, 0.3) is 22.8 Å². The summed E-state index contributed by atoms with van der Waals surface area (Å²) >= 11 is 0. The second kappa shape index (κ2) is 9.43. The summed E-state index contributed by atoms with van der Waals surface area (Å²) in [7, 11) is 0. The Balaban J connectivity index is 1.41. The van der Waals surface area contributed by atoms with Gasteiger partial charge in [0.25, 0.3) is 0 Å². The summed E-state index contributed by atoms with van der Waals surface area (Å²) in [5, 5.41) is 8.31. The lowest BCUT2D eigenvalue weighted by Gasteiger charge is -2.25. The van der Waals surface area contributed by atoms with Crippen LogP contribution in [0.1, 0.15) is 35.4 Å². The normalized spacial score (nSPS) is 14.0. The van der Waals surface area contributed by atoms with Crippen molar-refractivity contribution in [2.24, 2.45) is 0 Å². The highest BCUT2D eigenvalue weighted by Gasteiger charge is 2.54. The Hall–Kier alpha value is -4.92. The van der Waals surface area contributed by atoms with Crippen molar-refractivity contribution in [1.82, 2.24) is 20.3 Å². The van der Waals surface area contributed by atoms with Crippen molar-refractivity contribution in [2.75, 3.05) is 4.90 Å². The Labute approximate surface area is 224 Å². The largest absolute Gasteiger partial charge is 0.339 e. The maximum absolute atomic E-state index is 14.1. The first-order valence-electron chi connectivity index (χ1n) is 12.6. The van der Waals surface area contributed by atoms with Gasteiger partial charge in [0.15, 0.2) is 0 Å². The van der Waals surface area contributed by atoms with E-state index in [1.54, 1.807) is 12.1 Å². The van der Waals surface area contributed by atoms with Crippen molar-refractivity contribution in [1.29, 1.82) is 0 Å². The van der Waals surface area contributed by atoms with E-state index < -0.39 is 11.3 Å². The lowest BCUT2D eigenvalue weighted by Crippen LogP contribution is -2.45. The molecule has 0 aliphatic carbocycles. The van der Waals surface area contributed by atoms with Crippen LogP contribution in [-0.4, -0.2) is 32.1 Å². The molecule has 0 fully saturated rings. The second-order valence-electron chi connectivity index (χ2n) is 9.87. The number of para-hydroxylation sites is 1. The number of imide groups is 1. The quantitative estimate of drug-likeness (QED) is 0.307. The van der Waals surface area contributed by atoms with E-state index in [2.05, 4.69) is 20.3 Å². The first-order valence-corrected chi connectivity index (χ1v) is 12.6. The molecule has 0 spiro atoms. The minimum atomic E-state index is -1.27. The molecule has 9 nitrogen and oxygen atoms in total. The molecule has 2 aromatic heterocycles. The number of fused-ring (bicyclic) bond motifs is 1. The molecule has 0 saturated carbocycles. The Bertz CT molecular complexity index is 1600. The molecule has 6 rings (SSSR count). The van der Waals surface area contributed by atoms with Gasteiger partial charge in [0.1, 0.15) is 0 Å². The molecule has 2 amide bonds. The fraction of sp³-hybridized carbons (Fsp3) is 0.200. The molecular weight excluding hydrogens is 494 g/mol. The number of benzene rings is 3. The standard InChI is InChI=1S/C30H25N5O4/c1-18-8-12-21(13-9-18)27-31-25(38-33-27)16-30(23-6-4-5-7-24(23)35(20(3)36)29(30)37)17-26-32-28(34-39-26)22-14-10-19(2)11-15-22/h4-15H,16-17H2,1-3H3. The van der Waals surface area contributed by atoms with E-state index in [0.29, 0.717) is 22.9 Å². The van der Waals surface area contributed by atoms with Crippen molar-refractivity contribution in [2.45, 2.75) is 39.0 Å². The average Bonchev–Trinajstić information content (AvgIpc) is 3.64. The van der Waals surface area contributed by atoms with Crippen LogP contribution in [0.15, 0.2) is 81.8 Å². The van der Waals surface area contributed by atoms with Crippen molar-refractivity contribution < 1.29 is 18.6 Å². The van der Waals surface area contributed by atoms with Gasteiger partial charge in [0, 0.05) is 30.9 Å². The van der Waals surface area contributed by atoms with E-state index in [0.717, 1.165) is 22.3 Å². The zero-order chi connectivity index (χ0) is 27.1. The van der Waals surface area contributed by atoms with Crippen LogP contribution in [0, 0.1) is 13.8 Å². The number of carbonyl (C=O) groups is 2. The molecule has 0 unspecified atom stereocenters. The fourth-order valence-electron chi connectivity index (χ4n) is 5.04. The van der Waals surface area contributed by atoms with Gasteiger partial charge in [-0.1, -0.05) is 88.2 Å². The number of amides is 2. The summed E-state index contributed by atoms with van der Waals surface area (Å²) in [5.74, 6) is 0.575. The van der Waals surface area contributed by atoms with Gasteiger partial charge in [0.05, 0.1) is 11.1 Å². The van der Waals surface area contributed by atoms with E-state index in [1.165, 1.54) is 11.8 Å². The van der Waals surface area contributed by atoms with Crippen LogP contribution >= 0.6 is 0 Å². The molecule has 1 aliphatic rings. The number of aromatic nitrogens is 4. The van der Waals surface area contributed by atoms with Crippen molar-refractivity contribution in [3.8, 4) is 22.8 Å². The van der Waals surface area contributed by atoms with E-state index in [-0.39, 0.29) is 30.5 Å². The smallest absolute Gasteiger partial charge is 0.245 e. The Morgan fingerprint density at radius 3 is 1.74 bits per heavy atom. The van der Waals surface area contributed by atoms with E-state index >= 15 is 0 Å². The van der Waals surface area contributed by atoms with Crippen LogP contribution in [0.4, 0.5) is 5.69 Å². The molecule has 39 heavy (non-hydrogen) atoms. The number of nitrogens with zero attached hydrogens (tertiary/aromatic N) is 5. The number of rotatable bonds is 6. The van der Waals surface area contributed by atoms with Crippen molar-refractivity contribution in [3.63, 3.8) is 0 Å². The predicted octanol–water partition coefficient (Wildman–Crippen LogP) is 5.02. The highest BCUT2D eigenvalue weighted by Crippen LogP contribution is 2.46. The first-order chi connectivity index (χ1) is 18.8. The Morgan fingerprint density at radius 1 is 0.769 bits per heavy atom. The van der Waals surface area contributed by atoms with E-state index in [9.17, 15) is 9.59 Å². The second-order valence-corrected chi connectivity index (χ2v) is 9.87. The summed E-state index contributed by atoms with van der Waals surface area (Å²) in [6, 6.07) is 22.8. The SMILES string of the molecule is CC(=O)N1C(=O)C(Cc2nc(-c3ccc(C)cc3)no2)(Cc2nc(-c3ccc(C)cc3)no2)c2ccccc21. The third-order valence-corrected chi connectivity index (χ3v) is 7.05. The molecule has 0 N–H and O–H groups in total. The molecule has 3 heterocycles. The third-order valence-electron chi connectivity index (χ3n) is 7.05. The maximum Gasteiger partial charge on any atom is 0.245 e. The summed E-state index contributed by atoms with van der Waals surface area (Å²) in [5.41, 5.74) is 3.74. The van der Waals surface area contributed by atoms with Gasteiger partial charge in [-0.2, -0.15) is 9.97 Å². The molecule has 5 aromatic rings. The third kappa shape index (κ3) is 4.31. The topological polar surface area (TPSA) is 115 Å². The van der Waals surface area contributed by atoms with Crippen LogP contribution in [0.2, 0.25) is 0 Å². The van der Waals surface area contributed by atoms with Crippen molar-refractivity contribution >= 4 is 17.5 Å². The molecule has 0 saturated heterocycles. The van der Waals surface area contributed by atoms with Gasteiger partial charge in [-0.25, -0.2) is 4.90 Å². The molecule has 0 atom stereocenters. The number of hydrogen-bond acceptors (Lipinski definition) is 8. The summed E-state index contributed by atoms with van der Waals surface area (Å²) in [4.78, 5) is 37.1. The molecule has 0 bridgehead atoms. The van der Waals surface area contributed by atoms with Gasteiger partial charge in [0.2, 0.25) is 35.2 Å². The maximum atomic E-state index is 14.1. The molecule has 1 aliphatic heterocycles. The summed E-state index contributed by atoms with van der Waals surface area (Å²) < 4.78 is 11.3. The minimum Gasteiger partial charge on any atom is -0.339 e. The van der Waals surface area contributed by atoms with Crippen LogP contribution in [-0.2, 0) is 27.8 Å². The molecular formula is C30H25N5O4. The highest BCUT2D eigenvalue weighted by atomic mass is 16.5. The Kier molecular flexibility index (Phi) is 5.91.